The van der Waals surface area contributed by atoms with Crippen molar-refractivity contribution >= 4 is 12.3 Å². The van der Waals surface area contributed by atoms with Crippen LogP contribution in [0.1, 0.15) is 17.5 Å². The molecule has 0 radical (unpaired) electrons. The molecule has 0 saturated carbocycles. The lowest BCUT2D eigenvalue weighted by atomic mass is 10.5. The van der Waals surface area contributed by atoms with Crippen LogP contribution in [0.3, 0.4) is 0 Å². The minimum atomic E-state index is -1.08. The number of carbonyl (C=O) groups is 2. The second-order valence-corrected chi connectivity index (χ2v) is 1.62. The van der Waals surface area contributed by atoms with Crippen molar-refractivity contribution in [3.63, 3.8) is 0 Å². The number of hydrogen-bond acceptors (Lipinski definition) is 4. The van der Waals surface area contributed by atoms with Gasteiger partial charge in [0.1, 0.15) is 0 Å². The zero-order chi connectivity index (χ0) is 8.69. The van der Waals surface area contributed by atoms with Gasteiger partial charge in [0.05, 0.1) is 6.26 Å². The Hall–Kier alpha value is -1.58. The van der Waals surface area contributed by atoms with Crippen LogP contribution in [-0.2, 0) is 4.79 Å². The third kappa shape index (κ3) is 6.30. The van der Waals surface area contributed by atoms with Crippen LogP contribution in [0.4, 0.5) is 0 Å². The molecule has 0 spiro atoms. The van der Waals surface area contributed by atoms with Crippen LogP contribution in [0.2, 0.25) is 0 Å². The fourth-order valence-corrected chi connectivity index (χ4v) is 0.358. The van der Waals surface area contributed by atoms with Crippen LogP contribution < -0.4 is 5.11 Å². The maximum atomic E-state index is 9.77. The topological polar surface area (TPSA) is 70.3 Å². The molecule has 0 bridgehead atoms. The van der Waals surface area contributed by atoms with Gasteiger partial charge in [-0.15, -0.1) is 0 Å². The predicted octanol–water partition coefficient (Wildman–Crippen LogP) is -0.152. The van der Waals surface area contributed by atoms with E-state index in [-0.39, 0.29) is 0 Å². The second-order valence-electron chi connectivity index (χ2n) is 1.62. The largest absolute Gasteiger partial charge is 0.550 e. The highest BCUT2D eigenvalue weighted by Gasteiger charge is 1.84. The Kier molecular flexibility index (Phi) is 4.47. The smallest absolute Gasteiger partial charge is 0.185 e. The van der Waals surface area contributed by atoms with Crippen LogP contribution >= 0.6 is 0 Å². The highest BCUT2D eigenvalue weighted by Crippen LogP contribution is 1.92. The van der Waals surface area contributed by atoms with Crippen molar-refractivity contribution in [3.05, 3.63) is 24.2 Å². The van der Waals surface area contributed by atoms with Crippen LogP contribution in [0.15, 0.2) is 22.8 Å². The van der Waals surface area contributed by atoms with Gasteiger partial charge in [0, 0.05) is 5.97 Å². The van der Waals surface area contributed by atoms with Gasteiger partial charge >= 0.3 is 0 Å². The summed E-state index contributed by atoms with van der Waals surface area (Å²) in [5, 5.41) is 8.89. The van der Waals surface area contributed by atoms with Crippen molar-refractivity contribution in [3.8, 4) is 0 Å². The Morgan fingerprint density at radius 1 is 1.73 bits per heavy atom. The van der Waals surface area contributed by atoms with E-state index < -0.39 is 5.97 Å². The highest BCUT2D eigenvalue weighted by atomic mass is 16.4. The summed E-state index contributed by atoms with van der Waals surface area (Å²) in [5.41, 5.74) is 0. The average molecular weight is 155 g/mol. The maximum absolute atomic E-state index is 9.77. The van der Waals surface area contributed by atoms with Gasteiger partial charge in [0.15, 0.2) is 12.0 Å². The van der Waals surface area contributed by atoms with Gasteiger partial charge in [-0.2, -0.15) is 0 Å². The van der Waals surface area contributed by atoms with Gasteiger partial charge in [-0.25, -0.2) is 0 Å². The van der Waals surface area contributed by atoms with E-state index in [2.05, 4.69) is 4.42 Å². The van der Waals surface area contributed by atoms with Crippen molar-refractivity contribution in [2.24, 2.45) is 0 Å². The number of carboxylic acid groups (broad SMARTS) is 1. The van der Waals surface area contributed by atoms with Crippen molar-refractivity contribution in [2.75, 3.05) is 0 Å². The summed E-state index contributed by atoms with van der Waals surface area (Å²) in [7, 11) is 0. The van der Waals surface area contributed by atoms with Crippen LogP contribution in [-0.4, -0.2) is 12.3 Å². The lowest BCUT2D eigenvalue weighted by Crippen LogP contribution is -2.16. The summed E-state index contributed by atoms with van der Waals surface area (Å²) >= 11 is 0. The molecule has 11 heavy (non-hydrogen) atoms. The first kappa shape index (κ1) is 9.42. The normalized spacial score (nSPS) is 7.73. The van der Waals surface area contributed by atoms with E-state index in [0.29, 0.717) is 12.0 Å². The van der Waals surface area contributed by atoms with Gasteiger partial charge in [-0.3, -0.25) is 4.79 Å². The number of aldehydes is 1. The highest BCUT2D eigenvalue weighted by molar-refractivity contribution is 5.69. The Bertz CT molecular complexity index is 208. The van der Waals surface area contributed by atoms with Crippen LogP contribution in [0.25, 0.3) is 0 Å². The number of carbonyl (C=O) groups excluding carboxylic acids is 2. The summed E-state index contributed by atoms with van der Waals surface area (Å²) in [6.45, 7) is 0.972. The molecule has 4 heteroatoms. The number of rotatable bonds is 1. The lowest BCUT2D eigenvalue weighted by molar-refractivity contribution is -0.302. The fourth-order valence-electron chi connectivity index (χ4n) is 0.358. The van der Waals surface area contributed by atoms with E-state index in [0.717, 1.165) is 6.92 Å². The number of carboxylic acids is 1. The van der Waals surface area contributed by atoms with Crippen molar-refractivity contribution < 1.29 is 19.1 Å². The summed E-state index contributed by atoms with van der Waals surface area (Å²) in [4.78, 5) is 18.7. The minimum absolute atomic E-state index is 0.375. The Balaban J connectivity index is 0.000000218. The molecule has 0 N–H and O–H groups in total. The summed E-state index contributed by atoms with van der Waals surface area (Å²) in [6, 6.07) is 3.27. The molecule has 0 aliphatic heterocycles. The molecule has 1 aromatic heterocycles. The molecule has 1 rings (SSSR count). The molecule has 0 atom stereocenters. The molecule has 4 nitrogen and oxygen atoms in total. The van der Waals surface area contributed by atoms with E-state index in [4.69, 9.17) is 9.90 Å². The van der Waals surface area contributed by atoms with Crippen molar-refractivity contribution in [1.29, 1.82) is 0 Å². The molecule has 1 heterocycles. The molecule has 0 aromatic carbocycles. The lowest BCUT2D eigenvalue weighted by Gasteiger charge is -1.77. The molecule has 60 valence electrons. The maximum Gasteiger partial charge on any atom is 0.185 e. The Morgan fingerprint density at radius 2 is 2.27 bits per heavy atom. The first-order valence-corrected chi connectivity index (χ1v) is 2.83. The first-order valence-electron chi connectivity index (χ1n) is 2.83. The molecular formula is C7H7O4-. The zero-order valence-electron chi connectivity index (χ0n) is 5.94. The van der Waals surface area contributed by atoms with E-state index in [9.17, 15) is 4.79 Å². The van der Waals surface area contributed by atoms with Crippen LogP contribution in [0.5, 0.6) is 0 Å². The zero-order valence-corrected chi connectivity index (χ0v) is 5.94. The van der Waals surface area contributed by atoms with Crippen molar-refractivity contribution in [1.82, 2.24) is 0 Å². The van der Waals surface area contributed by atoms with Gasteiger partial charge in [-0.1, -0.05) is 0 Å². The average Bonchev–Trinajstić information content (AvgIpc) is 2.36. The van der Waals surface area contributed by atoms with E-state index in [1.165, 1.54) is 6.26 Å². The second kappa shape index (κ2) is 5.22. The molecule has 0 amide bonds. The van der Waals surface area contributed by atoms with Gasteiger partial charge < -0.3 is 14.3 Å². The quantitative estimate of drug-likeness (QED) is 0.528. The molecule has 1 aromatic rings. The number of furan rings is 1. The molecule has 0 fully saturated rings. The van der Waals surface area contributed by atoms with Gasteiger partial charge in [-0.05, 0) is 19.1 Å². The Morgan fingerprint density at radius 3 is 2.45 bits per heavy atom. The van der Waals surface area contributed by atoms with Gasteiger partial charge in [0.2, 0.25) is 0 Å². The predicted molar refractivity (Wildman–Crippen MR) is 34.8 cm³/mol. The molecule has 0 unspecified atom stereocenters. The minimum Gasteiger partial charge on any atom is -0.550 e. The third-order valence-corrected chi connectivity index (χ3v) is 0.659. The Labute approximate surface area is 63.4 Å². The number of hydrogen-bond donors (Lipinski definition) is 0. The molecule has 0 aliphatic rings. The number of aliphatic carboxylic acids is 1. The third-order valence-electron chi connectivity index (χ3n) is 0.659. The van der Waals surface area contributed by atoms with E-state index in [1.807, 2.05) is 0 Å². The fraction of sp³-hybridized carbons (Fsp3) is 0.143. The van der Waals surface area contributed by atoms with Crippen molar-refractivity contribution in [2.45, 2.75) is 6.92 Å². The van der Waals surface area contributed by atoms with E-state index in [1.54, 1.807) is 12.1 Å². The first-order chi connectivity index (χ1) is 5.16. The molecule has 0 saturated heterocycles. The summed E-state index contributed by atoms with van der Waals surface area (Å²) in [6.07, 6.45) is 2.13. The molecular weight excluding hydrogens is 148 g/mol. The standard InChI is InChI=1S/C5H4O2.C2H4O2/c6-4-5-2-1-3-7-5;1-2(3)4/h1-4H;1H3,(H,3,4)/p-1. The summed E-state index contributed by atoms with van der Waals surface area (Å²) < 4.78 is 4.61. The monoisotopic (exact) mass is 155 g/mol. The SMILES string of the molecule is CC(=O)[O-].O=Cc1ccco1. The van der Waals surface area contributed by atoms with E-state index >= 15 is 0 Å². The summed E-state index contributed by atoms with van der Waals surface area (Å²) in [5.74, 6) is -0.708. The molecule has 0 aliphatic carbocycles. The van der Waals surface area contributed by atoms with Gasteiger partial charge in [0.25, 0.3) is 0 Å². The van der Waals surface area contributed by atoms with Crippen LogP contribution in [0, 0.1) is 0 Å².